The van der Waals surface area contributed by atoms with Gasteiger partial charge in [0, 0.05) is 52.5 Å². The van der Waals surface area contributed by atoms with E-state index in [1.807, 2.05) is 30.0 Å². The lowest BCUT2D eigenvalue weighted by molar-refractivity contribution is -0.123. The molecule has 144 valence electrons. The molecule has 0 spiro atoms. The lowest BCUT2D eigenvalue weighted by atomic mass is 10.0. The highest BCUT2D eigenvalue weighted by Gasteiger charge is 2.34. The van der Waals surface area contributed by atoms with E-state index in [2.05, 4.69) is 11.0 Å². The number of fused-ring (bicyclic) bond motifs is 1. The summed E-state index contributed by atoms with van der Waals surface area (Å²) in [7, 11) is -0.299. The summed E-state index contributed by atoms with van der Waals surface area (Å²) < 4.78 is 27.2. The van der Waals surface area contributed by atoms with Gasteiger partial charge in [-0.3, -0.25) is 9.69 Å². The van der Waals surface area contributed by atoms with Gasteiger partial charge in [0.15, 0.2) is 0 Å². The molecule has 7 nitrogen and oxygen atoms in total. The van der Waals surface area contributed by atoms with Crippen molar-refractivity contribution < 1.29 is 13.2 Å². The molecular weight excluding hydrogens is 352 g/mol. The predicted molar refractivity (Wildman–Crippen MR) is 102 cm³/mol. The van der Waals surface area contributed by atoms with Crippen molar-refractivity contribution in [3.8, 4) is 0 Å². The van der Waals surface area contributed by atoms with Crippen LogP contribution in [0.3, 0.4) is 0 Å². The monoisotopic (exact) mass is 380 g/mol. The second kappa shape index (κ2) is 7.64. The zero-order valence-electron chi connectivity index (χ0n) is 15.8. The Morgan fingerprint density at radius 3 is 2.38 bits per heavy atom. The SMILES string of the molecule is C[C@H](C(=O)N1CCCc2ccccc21)N1CCN(S(=O)(=O)N(C)C)CC1. The van der Waals surface area contributed by atoms with E-state index in [-0.39, 0.29) is 11.9 Å². The van der Waals surface area contributed by atoms with E-state index in [9.17, 15) is 13.2 Å². The Bertz CT molecular complexity index is 757. The van der Waals surface area contributed by atoms with Crippen LogP contribution in [0.4, 0.5) is 5.69 Å². The van der Waals surface area contributed by atoms with E-state index in [1.165, 1.54) is 14.2 Å². The van der Waals surface area contributed by atoms with Crippen molar-refractivity contribution >= 4 is 21.8 Å². The quantitative estimate of drug-likeness (QED) is 0.774. The smallest absolute Gasteiger partial charge is 0.281 e. The molecule has 2 heterocycles. The number of piperazine rings is 1. The van der Waals surface area contributed by atoms with Crippen molar-refractivity contribution in [3.05, 3.63) is 29.8 Å². The highest BCUT2D eigenvalue weighted by Crippen LogP contribution is 2.28. The fourth-order valence-corrected chi connectivity index (χ4v) is 4.78. The minimum Gasteiger partial charge on any atom is -0.311 e. The van der Waals surface area contributed by atoms with Gasteiger partial charge >= 0.3 is 0 Å². The van der Waals surface area contributed by atoms with E-state index in [0.717, 1.165) is 25.1 Å². The fraction of sp³-hybridized carbons (Fsp3) is 0.611. The molecule has 0 radical (unpaired) electrons. The van der Waals surface area contributed by atoms with Gasteiger partial charge in [0.25, 0.3) is 10.2 Å². The van der Waals surface area contributed by atoms with E-state index >= 15 is 0 Å². The number of rotatable bonds is 4. The number of hydrogen-bond acceptors (Lipinski definition) is 4. The van der Waals surface area contributed by atoms with Crippen LogP contribution in [0.25, 0.3) is 0 Å². The van der Waals surface area contributed by atoms with Crippen molar-refractivity contribution in [1.29, 1.82) is 0 Å². The first-order valence-electron chi connectivity index (χ1n) is 9.13. The van der Waals surface area contributed by atoms with Gasteiger partial charge in [-0.1, -0.05) is 18.2 Å². The molecule has 2 aliphatic heterocycles. The van der Waals surface area contributed by atoms with Crippen LogP contribution < -0.4 is 4.90 Å². The molecule has 1 fully saturated rings. The number of aryl methyl sites for hydroxylation is 1. The normalized spacial score (nSPS) is 20.8. The molecule has 0 saturated carbocycles. The Labute approximate surface area is 156 Å². The molecule has 0 bridgehead atoms. The van der Waals surface area contributed by atoms with E-state index in [4.69, 9.17) is 0 Å². The zero-order valence-corrected chi connectivity index (χ0v) is 16.6. The summed E-state index contributed by atoms with van der Waals surface area (Å²) in [4.78, 5) is 17.1. The highest BCUT2D eigenvalue weighted by atomic mass is 32.2. The summed E-state index contributed by atoms with van der Waals surface area (Å²) in [6, 6.07) is 7.83. The first-order chi connectivity index (χ1) is 12.3. The Morgan fingerprint density at radius 2 is 1.73 bits per heavy atom. The Kier molecular flexibility index (Phi) is 5.67. The zero-order chi connectivity index (χ0) is 18.9. The van der Waals surface area contributed by atoms with Crippen molar-refractivity contribution in [2.75, 3.05) is 51.7 Å². The van der Waals surface area contributed by atoms with Crippen molar-refractivity contribution in [1.82, 2.24) is 13.5 Å². The van der Waals surface area contributed by atoms with E-state index < -0.39 is 10.2 Å². The molecule has 1 aromatic rings. The number of para-hydroxylation sites is 1. The topological polar surface area (TPSA) is 64.2 Å². The molecule has 1 saturated heterocycles. The molecule has 1 amide bonds. The Hall–Kier alpha value is -1.48. The molecule has 26 heavy (non-hydrogen) atoms. The lowest BCUT2D eigenvalue weighted by Gasteiger charge is -2.40. The summed E-state index contributed by atoms with van der Waals surface area (Å²) in [5.74, 6) is 0.0982. The Morgan fingerprint density at radius 1 is 1.08 bits per heavy atom. The number of nitrogens with zero attached hydrogens (tertiary/aromatic N) is 4. The van der Waals surface area contributed by atoms with E-state index in [1.54, 1.807) is 14.1 Å². The number of carbonyl (C=O) groups is 1. The van der Waals surface area contributed by atoms with E-state index in [0.29, 0.717) is 26.2 Å². The average molecular weight is 381 g/mol. The second-order valence-electron chi connectivity index (χ2n) is 7.12. The van der Waals surface area contributed by atoms with Crippen molar-refractivity contribution in [2.24, 2.45) is 0 Å². The molecule has 1 aromatic carbocycles. The molecule has 8 heteroatoms. The van der Waals surface area contributed by atoms with Gasteiger partial charge in [-0.2, -0.15) is 17.0 Å². The van der Waals surface area contributed by atoms with Crippen molar-refractivity contribution in [3.63, 3.8) is 0 Å². The minimum absolute atomic E-state index is 0.0982. The van der Waals surface area contributed by atoms with Crippen LogP contribution >= 0.6 is 0 Å². The summed E-state index contributed by atoms with van der Waals surface area (Å²) >= 11 is 0. The van der Waals surface area contributed by atoms with Gasteiger partial charge < -0.3 is 4.90 Å². The molecule has 0 aromatic heterocycles. The average Bonchev–Trinajstić information content (AvgIpc) is 2.66. The van der Waals surface area contributed by atoms with Gasteiger partial charge in [0.1, 0.15) is 0 Å². The molecule has 0 unspecified atom stereocenters. The minimum atomic E-state index is -3.39. The summed E-state index contributed by atoms with van der Waals surface area (Å²) in [5, 5.41) is 0. The number of anilines is 1. The molecule has 0 aliphatic carbocycles. The maximum atomic E-state index is 13.1. The molecule has 3 rings (SSSR count). The first kappa shape index (κ1) is 19.3. The number of hydrogen-bond donors (Lipinski definition) is 0. The van der Waals surface area contributed by atoms with Gasteiger partial charge in [0.05, 0.1) is 6.04 Å². The van der Waals surface area contributed by atoms with Crippen LogP contribution in [0.2, 0.25) is 0 Å². The van der Waals surface area contributed by atoms with Crippen LogP contribution in [0.15, 0.2) is 24.3 Å². The maximum absolute atomic E-state index is 13.1. The number of benzene rings is 1. The van der Waals surface area contributed by atoms with Crippen LogP contribution in [-0.2, 0) is 21.4 Å². The molecule has 2 aliphatic rings. The maximum Gasteiger partial charge on any atom is 0.281 e. The van der Waals surface area contributed by atoms with Gasteiger partial charge in [0.2, 0.25) is 5.91 Å². The van der Waals surface area contributed by atoms with Crippen LogP contribution in [-0.4, -0.2) is 80.7 Å². The fourth-order valence-electron chi connectivity index (χ4n) is 3.70. The molecule has 0 N–H and O–H groups in total. The van der Waals surface area contributed by atoms with Crippen LogP contribution in [0.5, 0.6) is 0 Å². The third-order valence-electron chi connectivity index (χ3n) is 5.34. The number of amides is 1. The van der Waals surface area contributed by atoms with Gasteiger partial charge in [-0.15, -0.1) is 0 Å². The van der Waals surface area contributed by atoms with Crippen molar-refractivity contribution in [2.45, 2.75) is 25.8 Å². The van der Waals surface area contributed by atoms with Crippen LogP contribution in [0.1, 0.15) is 18.9 Å². The molecule has 1 atom stereocenters. The van der Waals surface area contributed by atoms with Crippen LogP contribution in [0, 0.1) is 0 Å². The second-order valence-corrected chi connectivity index (χ2v) is 9.27. The third kappa shape index (κ3) is 3.64. The summed E-state index contributed by atoms with van der Waals surface area (Å²) in [6.07, 6.45) is 1.99. The summed E-state index contributed by atoms with van der Waals surface area (Å²) in [5.41, 5.74) is 2.24. The predicted octanol–water partition coefficient (Wildman–Crippen LogP) is 0.778. The number of carbonyl (C=O) groups excluding carboxylic acids is 1. The third-order valence-corrected chi connectivity index (χ3v) is 7.28. The highest BCUT2D eigenvalue weighted by molar-refractivity contribution is 7.86. The van der Waals surface area contributed by atoms with Gasteiger partial charge in [-0.25, -0.2) is 0 Å². The molecular formula is C18H28N4O3S. The summed E-state index contributed by atoms with van der Waals surface area (Å²) in [6.45, 7) is 4.62. The standard InChI is InChI=1S/C18H28N4O3S/c1-15(20-11-13-21(14-12-20)26(24,25)19(2)3)18(23)22-10-6-8-16-7-4-5-9-17(16)22/h4-5,7,9,15H,6,8,10-14H2,1-3H3/t15-/m1/s1. The van der Waals surface area contributed by atoms with Gasteiger partial charge in [-0.05, 0) is 31.4 Å². The first-order valence-corrected chi connectivity index (χ1v) is 10.5. The largest absolute Gasteiger partial charge is 0.311 e. The Balaban J connectivity index is 1.66. The lowest BCUT2D eigenvalue weighted by Crippen LogP contribution is -2.57.